The number of amides is 2. The lowest BCUT2D eigenvalue weighted by molar-refractivity contribution is -0.124. The molecule has 2 aromatic rings. The quantitative estimate of drug-likeness (QED) is 0.847. The Kier molecular flexibility index (Phi) is 6.16. The van der Waals surface area contributed by atoms with Crippen molar-refractivity contribution in [3.8, 4) is 0 Å². The van der Waals surface area contributed by atoms with Gasteiger partial charge in [0.15, 0.2) is 0 Å². The zero-order valence-electron chi connectivity index (χ0n) is 15.4. The summed E-state index contributed by atoms with van der Waals surface area (Å²) < 4.78 is 13.3. The van der Waals surface area contributed by atoms with Crippen LogP contribution in [0.25, 0.3) is 0 Å². The summed E-state index contributed by atoms with van der Waals surface area (Å²) in [6.45, 7) is 4.52. The zero-order valence-corrected chi connectivity index (χ0v) is 16.3. The van der Waals surface area contributed by atoms with Crippen LogP contribution in [0.3, 0.4) is 0 Å². The second kappa shape index (κ2) is 8.57. The lowest BCUT2D eigenvalue weighted by Gasteiger charge is -2.29. The fourth-order valence-electron chi connectivity index (χ4n) is 3.05. The number of halogens is 1. The summed E-state index contributed by atoms with van der Waals surface area (Å²) in [5, 5.41) is 2.57. The first-order valence-electron chi connectivity index (χ1n) is 9.05. The van der Waals surface area contributed by atoms with E-state index < -0.39 is 6.04 Å². The molecule has 3 rings (SSSR count). The number of hydrogen-bond acceptors (Lipinski definition) is 3. The molecule has 142 valence electrons. The van der Waals surface area contributed by atoms with Gasteiger partial charge in [-0.2, -0.15) is 0 Å². The van der Waals surface area contributed by atoms with Crippen molar-refractivity contribution in [3.05, 3.63) is 71.0 Å². The van der Waals surface area contributed by atoms with Crippen LogP contribution in [0, 0.1) is 12.7 Å². The Morgan fingerprint density at radius 3 is 2.44 bits per heavy atom. The summed E-state index contributed by atoms with van der Waals surface area (Å²) in [5.41, 5.74) is 2.42. The largest absolute Gasteiger partial charge is 0.354 e. The normalized spacial score (nSPS) is 19.1. The minimum Gasteiger partial charge on any atom is -0.354 e. The van der Waals surface area contributed by atoms with Crippen molar-refractivity contribution in [2.75, 3.05) is 12.3 Å². The number of nitrogens with zero attached hydrogens (tertiary/aromatic N) is 1. The molecule has 0 radical (unpaired) electrons. The third-order valence-corrected chi connectivity index (χ3v) is 5.86. The lowest BCUT2D eigenvalue weighted by atomic mass is 10.1. The molecule has 27 heavy (non-hydrogen) atoms. The highest BCUT2D eigenvalue weighted by Crippen LogP contribution is 2.42. The van der Waals surface area contributed by atoms with Crippen molar-refractivity contribution < 1.29 is 14.0 Å². The van der Waals surface area contributed by atoms with Crippen LogP contribution in [0.1, 0.15) is 40.2 Å². The van der Waals surface area contributed by atoms with Gasteiger partial charge in [-0.15, -0.1) is 11.8 Å². The molecule has 1 aliphatic rings. The van der Waals surface area contributed by atoms with Gasteiger partial charge in [-0.05, 0) is 43.2 Å². The molecule has 0 aromatic heterocycles. The van der Waals surface area contributed by atoms with Gasteiger partial charge in [0.25, 0.3) is 5.91 Å². The zero-order chi connectivity index (χ0) is 19.4. The molecule has 0 aliphatic carbocycles. The first kappa shape index (κ1) is 19.4. The molecule has 1 saturated heterocycles. The lowest BCUT2D eigenvalue weighted by Crippen LogP contribution is -2.48. The van der Waals surface area contributed by atoms with Crippen molar-refractivity contribution in [1.82, 2.24) is 10.2 Å². The van der Waals surface area contributed by atoms with Crippen molar-refractivity contribution in [2.24, 2.45) is 0 Å². The summed E-state index contributed by atoms with van der Waals surface area (Å²) in [6, 6.07) is 12.9. The van der Waals surface area contributed by atoms with Gasteiger partial charge < -0.3 is 10.2 Å². The van der Waals surface area contributed by atoms with E-state index in [1.54, 1.807) is 29.2 Å². The van der Waals surface area contributed by atoms with Gasteiger partial charge in [-0.25, -0.2) is 4.39 Å². The van der Waals surface area contributed by atoms with E-state index >= 15 is 0 Å². The predicted octanol–water partition coefficient (Wildman–Crippen LogP) is 3.92. The Balaban J connectivity index is 1.93. The third kappa shape index (κ3) is 4.33. The van der Waals surface area contributed by atoms with Crippen molar-refractivity contribution in [2.45, 2.75) is 31.7 Å². The maximum Gasteiger partial charge on any atom is 0.255 e. The van der Waals surface area contributed by atoms with E-state index in [4.69, 9.17) is 0 Å². The molecule has 4 nitrogen and oxygen atoms in total. The topological polar surface area (TPSA) is 49.4 Å². The average molecular weight is 386 g/mol. The Bertz CT molecular complexity index is 808. The highest BCUT2D eigenvalue weighted by atomic mass is 32.2. The molecule has 2 amide bonds. The summed E-state index contributed by atoms with van der Waals surface area (Å²) in [7, 11) is 0. The van der Waals surface area contributed by atoms with Crippen molar-refractivity contribution in [1.29, 1.82) is 0 Å². The molecular weight excluding hydrogens is 363 g/mol. The van der Waals surface area contributed by atoms with E-state index in [1.165, 1.54) is 23.9 Å². The minimum absolute atomic E-state index is 0.144. The predicted molar refractivity (Wildman–Crippen MR) is 106 cm³/mol. The van der Waals surface area contributed by atoms with Crippen LogP contribution in [0.4, 0.5) is 4.39 Å². The van der Waals surface area contributed by atoms with Gasteiger partial charge in [0.05, 0.1) is 0 Å². The number of carbonyl (C=O) groups is 2. The summed E-state index contributed by atoms with van der Waals surface area (Å²) in [6.07, 6.45) is 0.832. The first-order valence-corrected chi connectivity index (χ1v) is 10.1. The molecule has 1 N–H and O–H groups in total. The number of rotatable bonds is 5. The Morgan fingerprint density at radius 1 is 1.15 bits per heavy atom. The molecule has 0 saturated carbocycles. The Morgan fingerprint density at radius 2 is 1.81 bits per heavy atom. The molecule has 1 aliphatic heterocycles. The highest BCUT2D eigenvalue weighted by molar-refractivity contribution is 7.99. The number of aryl methyl sites for hydroxylation is 1. The van der Waals surface area contributed by atoms with Crippen LogP contribution in [-0.4, -0.2) is 35.1 Å². The second-order valence-corrected chi connectivity index (χ2v) is 7.74. The van der Waals surface area contributed by atoms with Crippen LogP contribution in [0.5, 0.6) is 0 Å². The van der Waals surface area contributed by atoms with Crippen LogP contribution in [0.15, 0.2) is 48.5 Å². The van der Waals surface area contributed by atoms with Crippen molar-refractivity contribution in [3.63, 3.8) is 0 Å². The molecule has 2 aromatic carbocycles. The summed E-state index contributed by atoms with van der Waals surface area (Å²) in [5.74, 6) is -0.148. The van der Waals surface area contributed by atoms with Crippen LogP contribution in [-0.2, 0) is 4.79 Å². The first-order chi connectivity index (χ1) is 13.0. The van der Waals surface area contributed by atoms with Gasteiger partial charge >= 0.3 is 0 Å². The van der Waals surface area contributed by atoms with Crippen LogP contribution < -0.4 is 5.32 Å². The molecule has 1 heterocycles. The van der Waals surface area contributed by atoms with Gasteiger partial charge in [0.1, 0.15) is 17.2 Å². The average Bonchev–Trinajstić information content (AvgIpc) is 3.12. The van der Waals surface area contributed by atoms with E-state index in [1.807, 2.05) is 26.0 Å². The number of carbonyl (C=O) groups excluding carboxylic acids is 2. The van der Waals surface area contributed by atoms with Gasteiger partial charge in [0, 0.05) is 17.9 Å². The third-order valence-electron chi connectivity index (χ3n) is 4.54. The van der Waals surface area contributed by atoms with Crippen LogP contribution in [0.2, 0.25) is 0 Å². The monoisotopic (exact) mass is 386 g/mol. The van der Waals surface area contributed by atoms with E-state index in [-0.39, 0.29) is 23.0 Å². The standard InChI is InChI=1S/C21H23FN2O2S/c1-3-12-23-19(25)18-13-27-21(16-8-10-17(22)11-9-16)24(18)20(26)15-6-4-14(2)5-7-15/h4-11,18,21H,3,12-13H2,1-2H3,(H,23,25)/t18-,21-/m1/s1. The van der Waals surface area contributed by atoms with Crippen LogP contribution >= 0.6 is 11.8 Å². The number of benzene rings is 2. The maximum atomic E-state index is 13.3. The SMILES string of the molecule is CCCNC(=O)[C@H]1CS[C@H](c2ccc(F)cc2)N1C(=O)c1ccc(C)cc1. The Hall–Kier alpha value is -2.34. The molecule has 0 spiro atoms. The van der Waals surface area contributed by atoms with E-state index in [9.17, 15) is 14.0 Å². The molecule has 2 atom stereocenters. The molecule has 0 bridgehead atoms. The van der Waals surface area contributed by atoms with Gasteiger partial charge in [-0.3, -0.25) is 9.59 Å². The van der Waals surface area contributed by atoms with E-state index in [0.29, 0.717) is 17.9 Å². The number of thioether (sulfide) groups is 1. The smallest absolute Gasteiger partial charge is 0.255 e. The molecule has 1 fully saturated rings. The summed E-state index contributed by atoms with van der Waals surface area (Å²) in [4.78, 5) is 27.5. The fraction of sp³-hybridized carbons (Fsp3) is 0.333. The summed E-state index contributed by atoms with van der Waals surface area (Å²) >= 11 is 1.53. The molecule has 0 unspecified atom stereocenters. The molecule has 6 heteroatoms. The maximum absolute atomic E-state index is 13.3. The Labute approximate surface area is 163 Å². The van der Waals surface area contributed by atoms with Gasteiger partial charge in [-0.1, -0.05) is 36.8 Å². The highest BCUT2D eigenvalue weighted by Gasteiger charge is 2.42. The van der Waals surface area contributed by atoms with E-state index in [0.717, 1.165) is 17.5 Å². The van der Waals surface area contributed by atoms with Crippen molar-refractivity contribution >= 4 is 23.6 Å². The second-order valence-electron chi connectivity index (χ2n) is 6.62. The minimum atomic E-state index is -0.551. The number of nitrogens with one attached hydrogen (secondary N) is 1. The van der Waals surface area contributed by atoms with E-state index in [2.05, 4.69) is 5.32 Å². The molecular formula is C21H23FN2O2S. The fourth-order valence-corrected chi connectivity index (χ4v) is 4.48. The number of hydrogen-bond donors (Lipinski definition) is 1. The van der Waals surface area contributed by atoms with Gasteiger partial charge in [0.2, 0.25) is 5.91 Å².